The Labute approximate surface area is 171 Å². The Bertz CT molecular complexity index is 1270. The largest absolute Gasteiger partial charge is 0.352 e. The lowest BCUT2D eigenvalue weighted by Crippen LogP contribution is -2.32. The van der Waals surface area contributed by atoms with Crippen molar-refractivity contribution >= 4 is 11.6 Å². The third kappa shape index (κ3) is 3.98. The van der Waals surface area contributed by atoms with Gasteiger partial charge in [-0.2, -0.15) is 0 Å². The van der Waals surface area contributed by atoms with Crippen LogP contribution < -0.4 is 11.0 Å². The Hall–Kier alpha value is -3.81. The maximum Gasteiger partial charge on any atom is 0.352 e. The van der Waals surface area contributed by atoms with Crippen molar-refractivity contribution in [3.05, 3.63) is 87.7 Å². The maximum atomic E-state index is 13.3. The molecule has 30 heavy (non-hydrogen) atoms. The summed E-state index contributed by atoms with van der Waals surface area (Å²) in [6.45, 7) is 3.93. The molecule has 0 unspecified atom stereocenters. The van der Waals surface area contributed by atoms with Crippen LogP contribution in [0.4, 0.5) is 4.39 Å². The van der Waals surface area contributed by atoms with Gasteiger partial charge in [0.15, 0.2) is 5.65 Å². The fraction of sp³-hybridized carbons (Fsp3) is 0.182. The van der Waals surface area contributed by atoms with Gasteiger partial charge in [0.05, 0.1) is 0 Å². The van der Waals surface area contributed by atoms with Crippen LogP contribution >= 0.6 is 0 Å². The quantitative estimate of drug-likeness (QED) is 0.554. The Balaban J connectivity index is 1.60. The average molecular weight is 405 g/mol. The van der Waals surface area contributed by atoms with Crippen molar-refractivity contribution in [2.24, 2.45) is 0 Å². The van der Waals surface area contributed by atoms with E-state index >= 15 is 0 Å². The number of carbonyl (C=O) groups excluding carboxylic acids is 1. The van der Waals surface area contributed by atoms with Crippen LogP contribution in [0.15, 0.2) is 59.4 Å². The van der Waals surface area contributed by atoms with Gasteiger partial charge in [0, 0.05) is 23.9 Å². The molecule has 2 aromatic carbocycles. The summed E-state index contributed by atoms with van der Waals surface area (Å²) in [5.41, 5.74) is 3.23. The molecule has 0 saturated heterocycles. The normalized spacial score (nSPS) is 11.0. The number of fused-ring (bicyclic) bond motifs is 1. The fourth-order valence-electron chi connectivity index (χ4n) is 3.15. The van der Waals surface area contributed by atoms with Crippen LogP contribution in [0.1, 0.15) is 16.8 Å². The van der Waals surface area contributed by atoms with E-state index in [4.69, 9.17) is 0 Å². The highest BCUT2D eigenvalue weighted by molar-refractivity contribution is 5.75. The molecule has 0 aliphatic rings. The Morgan fingerprint density at radius 3 is 2.47 bits per heavy atom. The van der Waals surface area contributed by atoms with Crippen LogP contribution in [-0.4, -0.2) is 25.1 Å². The topological polar surface area (TPSA) is 81.3 Å². The summed E-state index contributed by atoms with van der Waals surface area (Å²) >= 11 is 0. The van der Waals surface area contributed by atoms with Crippen molar-refractivity contribution in [1.29, 1.82) is 0 Å². The van der Waals surface area contributed by atoms with Crippen LogP contribution in [0.5, 0.6) is 0 Å². The molecule has 0 aliphatic heterocycles. The van der Waals surface area contributed by atoms with E-state index in [1.807, 2.05) is 31.2 Å². The van der Waals surface area contributed by atoms with Gasteiger partial charge in [-0.15, -0.1) is 5.10 Å². The van der Waals surface area contributed by atoms with Crippen molar-refractivity contribution in [1.82, 2.24) is 24.5 Å². The van der Waals surface area contributed by atoms with Crippen LogP contribution in [0, 0.1) is 19.7 Å². The summed E-state index contributed by atoms with van der Waals surface area (Å²) in [5, 5.41) is 7.07. The molecular formula is C22H20FN5O2. The number of benzene rings is 2. The van der Waals surface area contributed by atoms with Gasteiger partial charge < -0.3 is 5.32 Å². The fourth-order valence-corrected chi connectivity index (χ4v) is 3.15. The zero-order valence-electron chi connectivity index (χ0n) is 16.6. The third-order valence-electron chi connectivity index (χ3n) is 4.70. The first-order chi connectivity index (χ1) is 14.4. The number of nitrogens with one attached hydrogen (secondary N) is 1. The highest BCUT2D eigenvalue weighted by Gasteiger charge is 2.16. The van der Waals surface area contributed by atoms with Crippen molar-refractivity contribution in [2.75, 3.05) is 0 Å². The second-order valence-electron chi connectivity index (χ2n) is 7.12. The number of hydrogen-bond acceptors (Lipinski definition) is 4. The van der Waals surface area contributed by atoms with E-state index in [2.05, 4.69) is 15.4 Å². The van der Waals surface area contributed by atoms with Gasteiger partial charge in [0.1, 0.15) is 18.2 Å². The number of aromatic nitrogens is 4. The molecule has 2 heterocycles. The summed E-state index contributed by atoms with van der Waals surface area (Å²) in [6, 6.07) is 15.2. The summed E-state index contributed by atoms with van der Waals surface area (Å²) in [7, 11) is 0. The van der Waals surface area contributed by atoms with E-state index in [-0.39, 0.29) is 18.3 Å². The van der Waals surface area contributed by atoms with Crippen LogP contribution in [0.2, 0.25) is 0 Å². The molecular weight excluding hydrogens is 385 g/mol. The minimum atomic E-state index is -0.484. The standard InChI is InChI=1S/C22H20FN5O2/c1-14-3-5-16(6-4-14)12-24-20(29)13-27-22(30)28-19(26-27)11-15(2)25-21(28)17-7-9-18(23)10-8-17/h3-11H,12-13H2,1-2H3,(H,24,29). The van der Waals surface area contributed by atoms with Crippen LogP contribution in [-0.2, 0) is 17.9 Å². The van der Waals surface area contributed by atoms with Crippen molar-refractivity contribution in [3.63, 3.8) is 0 Å². The number of carbonyl (C=O) groups is 1. The van der Waals surface area contributed by atoms with Gasteiger partial charge in [-0.05, 0) is 43.7 Å². The molecule has 0 spiro atoms. The molecule has 152 valence electrons. The molecule has 1 amide bonds. The average Bonchev–Trinajstić information content (AvgIpc) is 3.02. The highest BCUT2D eigenvalue weighted by atomic mass is 19.1. The number of halogens is 1. The van der Waals surface area contributed by atoms with Gasteiger partial charge in [-0.25, -0.2) is 23.3 Å². The number of hydrogen-bond donors (Lipinski definition) is 1. The summed E-state index contributed by atoms with van der Waals surface area (Å²) in [6.07, 6.45) is 0. The molecule has 0 radical (unpaired) electrons. The van der Waals surface area contributed by atoms with E-state index in [0.717, 1.165) is 15.8 Å². The molecule has 0 saturated carbocycles. The molecule has 0 aliphatic carbocycles. The minimum absolute atomic E-state index is 0.214. The Morgan fingerprint density at radius 2 is 1.77 bits per heavy atom. The number of rotatable bonds is 5. The third-order valence-corrected chi connectivity index (χ3v) is 4.70. The van der Waals surface area contributed by atoms with E-state index in [1.54, 1.807) is 25.1 Å². The van der Waals surface area contributed by atoms with Crippen molar-refractivity contribution in [2.45, 2.75) is 26.9 Å². The monoisotopic (exact) mass is 405 g/mol. The molecule has 2 aromatic heterocycles. The molecule has 0 bridgehead atoms. The molecule has 7 nitrogen and oxygen atoms in total. The summed E-state index contributed by atoms with van der Waals surface area (Å²) in [5.74, 6) is -0.355. The molecule has 1 N–H and O–H groups in total. The number of nitrogens with zero attached hydrogens (tertiary/aromatic N) is 4. The summed E-state index contributed by atoms with van der Waals surface area (Å²) < 4.78 is 15.7. The van der Waals surface area contributed by atoms with Gasteiger partial charge in [-0.3, -0.25) is 4.79 Å². The first-order valence-corrected chi connectivity index (χ1v) is 9.46. The zero-order valence-corrected chi connectivity index (χ0v) is 16.6. The summed E-state index contributed by atoms with van der Waals surface area (Å²) in [4.78, 5) is 29.7. The predicted octanol–water partition coefficient (Wildman–Crippen LogP) is 2.63. The maximum absolute atomic E-state index is 13.3. The molecule has 8 heteroatoms. The van der Waals surface area contributed by atoms with E-state index in [0.29, 0.717) is 29.3 Å². The highest BCUT2D eigenvalue weighted by Crippen LogP contribution is 2.18. The molecule has 0 atom stereocenters. The van der Waals surface area contributed by atoms with Crippen molar-refractivity contribution < 1.29 is 9.18 Å². The second-order valence-corrected chi connectivity index (χ2v) is 7.12. The SMILES string of the molecule is Cc1ccc(CNC(=O)Cn2nc3cc(C)nc(-c4ccc(F)cc4)n3c2=O)cc1. The van der Waals surface area contributed by atoms with Crippen molar-refractivity contribution in [3.8, 4) is 11.4 Å². The zero-order chi connectivity index (χ0) is 21.3. The predicted molar refractivity (Wildman–Crippen MR) is 110 cm³/mol. The minimum Gasteiger partial charge on any atom is -0.350 e. The van der Waals surface area contributed by atoms with Gasteiger partial charge in [0.2, 0.25) is 5.91 Å². The van der Waals surface area contributed by atoms with E-state index < -0.39 is 5.69 Å². The molecule has 4 rings (SSSR count). The van der Waals surface area contributed by atoms with Gasteiger partial charge in [-0.1, -0.05) is 29.8 Å². The Morgan fingerprint density at radius 1 is 1.07 bits per heavy atom. The number of aryl methyl sites for hydroxylation is 2. The lowest BCUT2D eigenvalue weighted by molar-refractivity contribution is -0.122. The molecule has 0 fully saturated rings. The number of amides is 1. The first-order valence-electron chi connectivity index (χ1n) is 9.46. The lowest BCUT2D eigenvalue weighted by Gasteiger charge is -2.05. The smallest absolute Gasteiger partial charge is 0.350 e. The Kier molecular flexibility index (Phi) is 5.14. The lowest BCUT2D eigenvalue weighted by atomic mass is 10.1. The van der Waals surface area contributed by atoms with Crippen LogP contribution in [0.25, 0.3) is 17.0 Å². The van der Waals surface area contributed by atoms with E-state index in [1.165, 1.54) is 16.5 Å². The molecule has 4 aromatic rings. The van der Waals surface area contributed by atoms with Gasteiger partial charge >= 0.3 is 5.69 Å². The van der Waals surface area contributed by atoms with Crippen LogP contribution in [0.3, 0.4) is 0 Å². The first kappa shape index (κ1) is 19.5. The van der Waals surface area contributed by atoms with E-state index in [9.17, 15) is 14.0 Å². The second kappa shape index (κ2) is 7.90. The van der Waals surface area contributed by atoms with Gasteiger partial charge in [0.25, 0.3) is 0 Å².